The Balaban J connectivity index is 0.00000420. The van der Waals surface area contributed by atoms with Crippen molar-refractivity contribution < 1.29 is 17.0 Å². The fraction of sp³-hybridized carbons (Fsp3) is 0.593. The van der Waals surface area contributed by atoms with Gasteiger partial charge in [0.2, 0.25) is 5.69 Å². The number of nitrogens with zero attached hydrogens (tertiary/aromatic N) is 1. The first-order valence-corrected chi connectivity index (χ1v) is 12.0. The number of halogens is 1. The van der Waals surface area contributed by atoms with Gasteiger partial charge < -0.3 is 12.4 Å². The summed E-state index contributed by atoms with van der Waals surface area (Å²) in [4.78, 5) is 0. The van der Waals surface area contributed by atoms with E-state index in [4.69, 9.17) is 0 Å². The third-order valence-electron chi connectivity index (χ3n) is 5.79. The first kappa shape index (κ1) is 25.7. The number of aromatic nitrogens is 1. The van der Waals surface area contributed by atoms with Crippen LogP contribution in [0.15, 0.2) is 54.9 Å². The van der Waals surface area contributed by atoms with Gasteiger partial charge in [-0.1, -0.05) is 115 Å². The van der Waals surface area contributed by atoms with Gasteiger partial charge in [0.25, 0.3) is 0 Å². The fourth-order valence-corrected chi connectivity index (χ4v) is 4.04. The second-order valence-corrected chi connectivity index (χ2v) is 8.26. The van der Waals surface area contributed by atoms with Crippen LogP contribution in [0.5, 0.6) is 0 Å². The van der Waals surface area contributed by atoms with Gasteiger partial charge in [-0.25, -0.2) is 0 Å². The Labute approximate surface area is 186 Å². The molecule has 0 N–H and O–H groups in total. The summed E-state index contributed by atoms with van der Waals surface area (Å²) in [6.45, 7) is 2.29. The second kappa shape index (κ2) is 17.5. The number of hydrogen-bond acceptors (Lipinski definition) is 0. The molecule has 0 bridgehead atoms. The zero-order chi connectivity index (χ0) is 19.7. The van der Waals surface area contributed by atoms with Crippen molar-refractivity contribution in [1.29, 1.82) is 0 Å². The van der Waals surface area contributed by atoms with Crippen LogP contribution in [-0.2, 0) is 6.42 Å². The summed E-state index contributed by atoms with van der Waals surface area (Å²) in [7, 11) is 0. The number of hydrogen-bond donors (Lipinski definition) is 0. The standard InChI is InChI=1S/C27H42N.ClH/c1-2-3-4-5-6-7-8-9-10-11-12-13-14-16-21-26-22-17-18-23-27(26)28-24-19-15-20-25-28;/h15,17-20,22-25H,2-14,16,21H2,1H3;1H/q+1;/p-1. The Hall–Kier alpha value is -1.34. The monoisotopic (exact) mass is 415 g/mol. The number of para-hydroxylation sites is 1. The van der Waals surface area contributed by atoms with Crippen molar-refractivity contribution in [2.24, 2.45) is 0 Å². The highest BCUT2D eigenvalue weighted by atomic mass is 35.5. The topological polar surface area (TPSA) is 3.88 Å². The lowest BCUT2D eigenvalue weighted by atomic mass is 10.0. The molecule has 0 aliphatic heterocycles. The zero-order valence-electron chi connectivity index (χ0n) is 18.6. The Morgan fingerprint density at radius 1 is 0.552 bits per heavy atom. The van der Waals surface area contributed by atoms with Crippen LogP contribution in [0.4, 0.5) is 0 Å². The van der Waals surface area contributed by atoms with Crippen LogP contribution in [-0.4, -0.2) is 0 Å². The summed E-state index contributed by atoms with van der Waals surface area (Å²) in [5.74, 6) is 0. The molecule has 0 fully saturated rings. The Morgan fingerprint density at radius 3 is 1.59 bits per heavy atom. The maximum absolute atomic E-state index is 2.29. The van der Waals surface area contributed by atoms with Crippen LogP contribution in [0.3, 0.4) is 0 Å². The number of pyridine rings is 1. The van der Waals surface area contributed by atoms with E-state index < -0.39 is 0 Å². The molecule has 0 atom stereocenters. The van der Waals surface area contributed by atoms with E-state index in [-0.39, 0.29) is 12.4 Å². The minimum atomic E-state index is 0. The fourth-order valence-electron chi connectivity index (χ4n) is 4.04. The predicted molar refractivity (Wildman–Crippen MR) is 122 cm³/mol. The Bertz CT molecular complexity index is 611. The van der Waals surface area contributed by atoms with Crippen LogP contribution in [0, 0.1) is 0 Å². The average molecular weight is 416 g/mol. The predicted octanol–water partition coefficient (Wildman–Crippen LogP) is 4.99. The summed E-state index contributed by atoms with van der Waals surface area (Å²) in [5, 5.41) is 0. The lowest BCUT2D eigenvalue weighted by molar-refractivity contribution is -0.596. The van der Waals surface area contributed by atoms with Crippen LogP contribution in [0.1, 0.15) is 102 Å². The molecule has 0 unspecified atom stereocenters. The van der Waals surface area contributed by atoms with Gasteiger partial charge in [0.15, 0.2) is 12.4 Å². The van der Waals surface area contributed by atoms with Gasteiger partial charge in [0.1, 0.15) is 0 Å². The Morgan fingerprint density at radius 2 is 1.03 bits per heavy atom. The van der Waals surface area contributed by atoms with Gasteiger partial charge in [-0.2, -0.15) is 4.57 Å². The van der Waals surface area contributed by atoms with E-state index in [0.29, 0.717) is 0 Å². The van der Waals surface area contributed by atoms with Gasteiger partial charge in [-0.3, -0.25) is 0 Å². The SMILES string of the molecule is CCCCCCCCCCCCCCCCc1ccccc1-[n+]1ccccc1.[Cl-]. The van der Waals surface area contributed by atoms with Gasteiger partial charge >= 0.3 is 0 Å². The van der Waals surface area contributed by atoms with Crippen molar-refractivity contribution >= 4 is 0 Å². The molecular weight excluding hydrogens is 374 g/mol. The van der Waals surface area contributed by atoms with E-state index in [9.17, 15) is 0 Å². The zero-order valence-corrected chi connectivity index (χ0v) is 19.4. The maximum Gasteiger partial charge on any atom is 0.213 e. The van der Waals surface area contributed by atoms with E-state index in [1.54, 1.807) is 0 Å². The van der Waals surface area contributed by atoms with Crippen molar-refractivity contribution in [2.75, 3.05) is 0 Å². The molecule has 0 saturated heterocycles. The molecule has 0 aliphatic carbocycles. The molecule has 2 aromatic rings. The molecule has 1 aromatic carbocycles. The molecule has 0 saturated carbocycles. The van der Waals surface area contributed by atoms with Crippen molar-refractivity contribution in [3.8, 4) is 5.69 Å². The van der Waals surface area contributed by atoms with Crippen LogP contribution in [0.25, 0.3) is 5.69 Å². The number of benzene rings is 1. The van der Waals surface area contributed by atoms with Gasteiger partial charge in [0.05, 0.1) is 0 Å². The number of aryl methyl sites for hydroxylation is 1. The molecule has 1 aromatic heterocycles. The van der Waals surface area contributed by atoms with Crippen LogP contribution >= 0.6 is 0 Å². The molecule has 0 radical (unpaired) electrons. The van der Waals surface area contributed by atoms with Gasteiger partial charge in [-0.15, -0.1) is 0 Å². The number of rotatable bonds is 16. The highest BCUT2D eigenvalue weighted by molar-refractivity contribution is 5.33. The third kappa shape index (κ3) is 11.4. The first-order valence-electron chi connectivity index (χ1n) is 12.0. The highest BCUT2D eigenvalue weighted by Crippen LogP contribution is 2.15. The summed E-state index contributed by atoms with van der Waals surface area (Å²) in [5.41, 5.74) is 2.80. The molecule has 0 aliphatic rings. The lowest BCUT2D eigenvalue weighted by Gasteiger charge is -2.05. The molecule has 162 valence electrons. The molecule has 1 heterocycles. The Kier molecular flexibility index (Phi) is 15.5. The summed E-state index contributed by atoms with van der Waals surface area (Å²) < 4.78 is 2.24. The summed E-state index contributed by atoms with van der Waals surface area (Å²) >= 11 is 0. The molecular formula is C27H42ClN. The smallest absolute Gasteiger partial charge is 0.213 e. The van der Waals surface area contributed by atoms with E-state index in [1.165, 1.54) is 108 Å². The summed E-state index contributed by atoms with van der Waals surface area (Å²) in [6, 6.07) is 15.1. The minimum absolute atomic E-state index is 0. The van der Waals surface area contributed by atoms with Crippen molar-refractivity contribution in [1.82, 2.24) is 0 Å². The highest BCUT2D eigenvalue weighted by Gasteiger charge is 2.10. The van der Waals surface area contributed by atoms with E-state index in [1.807, 2.05) is 0 Å². The second-order valence-electron chi connectivity index (χ2n) is 8.26. The van der Waals surface area contributed by atoms with E-state index in [2.05, 4.69) is 66.3 Å². The van der Waals surface area contributed by atoms with E-state index in [0.717, 1.165) is 0 Å². The molecule has 0 amide bonds. The molecule has 1 nitrogen and oxygen atoms in total. The third-order valence-corrected chi connectivity index (χ3v) is 5.79. The van der Waals surface area contributed by atoms with Crippen molar-refractivity contribution in [3.05, 3.63) is 60.4 Å². The summed E-state index contributed by atoms with van der Waals surface area (Å²) in [6.07, 6.45) is 25.4. The van der Waals surface area contributed by atoms with Gasteiger partial charge in [-0.05, 0) is 12.8 Å². The minimum Gasteiger partial charge on any atom is -1.00 e. The quantitative estimate of drug-likeness (QED) is 0.268. The van der Waals surface area contributed by atoms with E-state index >= 15 is 0 Å². The molecule has 2 heteroatoms. The van der Waals surface area contributed by atoms with Crippen LogP contribution in [0.2, 0.25) is 0 Å². The largest absolute Gasteiger partial charge is 1.00 e. The van der Waals surface area contributed by atoms with Crippen molar-refractivity contribution in [2.45, 2.75) is 103 Å². The lowest BCUT2D eigenvalue weighted by Crippen LogP contribution is -3.00. The van der Waals surface area contributed by atoms with Crippen LogP contribution < -0.4 is 17.0 Å². The average Bonchev–Trinajstić information content (AvgIpc) is 2.75. The molecule has 0 spiro atoms. The van der Waals surface area contributed by atoms with Crippen molar-refractivity contribution in [3.63, 3.8) is 0 Å². The molecule has 2 rings (SSSR count). The normalized spacial score (nSPS) is 10.7. The maximum atomic E-state index is 2.29. The first-order chi connectivity index (χ1) is 13.9. The van der Waals surface area contributed by atoms with Gasteiger partial charge in [0, 0.05) is 23.8 Å². The number of unbranched alkanes of at least 4 members (excludes halogenated alkanes) is 13. The molecule has 29 heavy (non-hydrogen) atoms.